The van der Waals surface area contributed by atoms with Crippen molar-refractivity contribution in [2.75, 3.05) is 50.8 Å². The number of halogens is 2. The van der Waals surface area contributed by atoms with Gasteiger partial charge in [-0.2, -0.15) is 0 Å². The van der Waals surface area contributed by atoms with Crippen molar-refractivity contribution >= 4 is 5.95 Å². The van der Waals surface area contributed by atoms with Crippen LogP contribution in [0.2, 0.25) is 0 Å². The first-order chi connectivity index (χ1) is 11.1. The number of hydrogen-bond donors (Lipinski definition) is 1. The molecule has 0 bridgehead atoms. The molecule has 23 heavy (non-hydrogen) atoms. The highest BCUT2D eigenvalue weighted by Gasteiger charge is 2.36. The summed E-state index contributed by atoms with van der Waals surface area (Å²) in [5, 5.41) is 0. The SMILES string of the molecule is NCC(c1cnc(N2CCOCC2)nc1)N1CCC(F)(F)CC1. The van der Waals surface area contributed by atoms with Crippen LogP contribution in [0.1, 0.15) is 24.4 Å². The Bertz CT molecular complexity index is 497. The van der Waals surface area contributed by atoms with Gasteiger partial charge < -0.3 is 15.4 Å². The molecule has 0 aromatic carbocycles. The number of rotatable bonds is 4. The van der Waals surface area contributed by atoms with Gasteiger partial charge in [-0.3, -0.25) is 4.90 Å². The van der Waals surface area contributed by atoms with E-state index < -0.39 is 5.92 Å². The second-order valence-electron chi connectivity index (χ2n) is 6.06. The topological polar surface area (TPSA) is 67.5 Å². The predicted octanol–water partition coefficient (Wildman–Crippen LogP) is 1.04. The summed E-state index contributed by atoms with van der Waals surface area (Å²) in [5.41, 5.74) is 6.76. The smallest absolute Gasteiger partial charge is 0.250 e. The van der Waals surface area contributed by atoms with Crippen molar-refractivity contribution < 1.29 is 13.5 Å². The van der Waals surface area contributed by atoms with Crippen LogP contribution < -0.4 is 10.6 Å². The van der Waals surface area contributed by atoms with Gasteiger partial charge in [-0.25, -0.2) is 18.7 Å². The molecule has 3 heterocycles. The Morgan fingerprint density at radius 3 is 2.30 bits per heavy atom. The summed E-state index contributed by atoms with van der Waals surface area (Å²) < 4.78 is 31.9. The van der Waals surface area contributed by atoms with Crippen LogP contribution in [-0.2, 0) is 4.74 Å². The maximum Gasteiger partial charge on any atom is 0.250 e. The third kappa shape index (κ3) is 3.94. The van der Waals surface area contributed by atoms with Crippen molar-refractivity contribution in [3.63, 3.8) is 0 Å². The van der Waals surface area contributed by atoms with Crippen molar-refractivity contribution in [3.8, 4) is 0 Å². The maximum atomic E-state index is 13.3. The molecule has 1 atom stereocenters. The number of morpholine rings is 1. The number of nitrogens with two attached hydrogens (primary N) is 1. The average Bonchev–Trinajstić information content (AvgIpc) is 2.58. The van der Waals surface area contributed by atoms with Gasteiger partial charge in [-0.15, -0.1) is 0 Å². The Morgan fingerprint density at radius 2 is 1.74 bits per heavy atom. The lowest BCUT2D eigenvalue weighted by molar-refractivity contribution is -0.0627. The average molecular weight is 327 g/mol. The first-order valence-corrected chi connectivity index (χ1v) is 8.06. The molecule has 1 unspecified atom stereocenters. The van der Waals surface area contributed by atoms with Crippen LogP contribution in [-0.4, -0.2) is 66.7 Å². The van der Waals surface area contributed by atoms with Crippen molar-refractivity contribution in [2.45, 2.75) is 24.8 Å². The standard InChI is InChI=1S/C15H23F2N5O/c16-15(17)1-3-21(4-2-15)13(9-18)12-10-19-14(20-11-12)22-5-7-23-8-6-22/h10-11,13H,1-9,18H2. The van der Waals surface area contributed by atoms with Gasteiger partial charge in [-0.1, -0.05) is 0 Å². The number of hydrogen-bond acceptors (Lipinski definition) is 6. The van der Waals surface area contributed by atoms with E-state index in [1.165, 1.54) is 0 Å². The number of ether oxygens (including phenoxy) is 1. The molecule has 6 nitrogen and oxygen atoms in total. The summed E-state index contributed by atoms with van der Waals surface area (Å²) in [7, 11) is 0. The summed E-state index contributed by atoms with van der Waals surface area (Å²) in [6, 6.07) is -0.107. The highest BCUT2D eigenvalue weighted by Crippen LogP contribution is 2.31. The highest BCUT2D eigenvalue weighted by molar-refractivity contribution is 5.31. The zero-order valence-corrected chi connectivity index (χ0v) is 13.1. The van der Waals surface area contributed by atoms with Gasteiger partial charge in [0, 0.05) is 63.5 Å². The largest absolute Gasteiger partial charge is 0.378 e. The third-order valence-electron chi connectivity index (χ3n) is 4.53. The fourth-order valence-electron chi connectivity index (χ4n) is 3.09. The molecule has 1 aromatic rings. The summed E-state index contributed by atoms with van der Waals surface area (Å²) in [6.45, 7) is 3.98. The van der Waals surface area contributed by atoms with Crippen LogP contribution in [0, 0.1) is 0 Å². The Balaban J connectivity index is 1.67. The molecule has 0 aliphatic carbocycles. The van der Waals surface area contributed by atoms with Gasteiger partial charge in [0.2, 0.25) is 5.95 Å². The van der Waals surface area contributed by atoms with Crippen molar-refractivity contribution in [2.24, 2.45) is 5.73 Å². The minimum atomic E-state index is -2.55. The lowest BCUT2D eigenvalue weighted by atomic mass is 10.0. The van der Waals surface area contributed by atoms with E-state index in [1.54, 1.807) is 12.4 Å². The van der Waals surface area contributed by atoms with E-state index in [0.717, 1.165) is 18.7 Å². The normalized spacial score (nSPS) is 23.7. The molecule has 1 aromatic heterocycles. The van der Waals surface area contributed by atoms with Crippen LogP contribution in [0.5, 0.6) is 0 Å². The Hall–Kier alpha value is -1.38. The van der Waals surface area contributed by atoms with Crippen LogP contribution in [0.3, 0.4) is 0 Å². The molecule has 8 heteroatoms. The van der Waals surface area contributed by atoms with Crippen molar-refractivity contribution in [3.05, 3.63) is 18.0 Å². The van der Waals surface area contributed by atoms with Gasteiger partial charge in [0.15, 0.2) is 0 Å². The van der Waals surface area contributed by atoms with Crippen molar-refractivity contribution in [1.82, 2.24) is 14.9 Å². The number of anilines is 1. The lowest BCUT2D eigenvalue weighted by Gasteiger charge is -2.37. The molecule has 0 radical (unpaired) electrons. The van der Waals surface area contributed by atoms with E-state index in [2.05, 4.69) is 14.9 Å². The molecule has 2 fully saturated rings. The molecule has 0 spiro atoms. The summed E-state index contributed by atoms with van der Waals surface area (Å²) in [4.78, 5) is 12.9. The molecule has 2 saturated heterocycles. The minimum Gasteiger partial charge on any atom is -0.378 e. The van der Waals surface area contributed by atoms with Crippen LogP contribution in [0.15, 0.2) is 12.4 Å². The molecular weight excluding hydrogens is 304 g/mol. The van der Waals surface area contributed by atoms with Crippen LogP contribution >= 0.6 is 0 Å². The van der Waals surface area contributed by atoms with E-state index in [0.29, 0.717) is 38.8 Å². The summed E-state index contributed by atoms with van der Waals surface area (Å²) in [5.74, 6) is -1.87. The quantitative estimate of drug-likeness (QED) is 0.891. The van der Waals surface area contributed by atoms with Crippen LogP contribution in [0.4, 0.5) is 14.7 Å². The monoisotopic (exact) mass is 327 g/mol. The zero-order chi connectivity index (χ0) is 16.3. The number of likely N-dealkylation sites (tertiary alicyclic amines) is 1. The highest BCUT2D eigenvalue weighted by atomic mass is 19.3. The molecule has 128 valence electrons. The first-order valence-electron chi connectivity index (χ1n) is 8.06. The fraction of sp³-hybridized carbons (Fsp3) is 0.733. The van der Waals surface area contributed by atoms with Gasteiger partial charge >= 0.3 is 0 Å². The van der Waals surface area contributed by atoms with Crippen LogP contribution in [0.25, 0.3) is 0 Å². The second kappa shape index (κ2) is 7.02. The van der Waals surface area contributed by atoms with Crippen molar-refractivity contribution in [1.29, 1.82) is 0 Å². The summed E-state index contributed by atoms with van der Waals surface area (Å²) in [6.07, 6.45) is 3.30. The Labute approximate surface area is 134 Å². The number of aromatic nitrogens is 2. The number of piperidine rings is 1. The van der Waals surface area contributed by atoms with Gasteiger partial charge in [0.25, 0.3) is 5.92 Å². The Morgan fingerprint density at radius 1 is 1.13 bits per heavy atom. The second-order valence-corrected chi connectivity index (χ2v) is 6.06. The molecule has 2 aliphatic heterocycles. The maximum absolute atomic E-state index is 13.3. The minimum absolute atomic E-state index is 0.107. The molecule has 3 rings (SSSR count). The molecule has 0 amide bonds. The van der Waals surface area contributed by atoms with E-state index >= 15 is 0 Å². The zero-order valence-electron chi connectivity index (χ0n) is 13.1. The lowest BCUT2D eigenvalue weighted by Crippen LogP contribution is -2.43. The molecule has 2 N–H and O–H groups in total. The fourth-order valence-corrected chi connectivity index (χ4v) is 3.09. The molecule has 2 aliphatic rings. The predicted molar refractivity (Wildman–Crippen MR) is 82.6 cm³/mol. The van der Waals surface area contributed by atoms with Gasteiger partial charge in [0.1, 0.15) is 0 Å². The number of nitrogens with zero attached hydrogens (tertiary/aromatic N) is 4. The van der Waals surface area contributed by atoms with Gasteiger partial charge in [-0.05, 0) is 0 Å². The van der Waals surface area contributed by atoms with E-state index in [9.17, 15) is 8.78 Å². The summed E-state index contributed by atoms with van der Waals surface area (Å²) >= 11 is 0. The molecule has 0 saturated carbocycles. The van der Waals surface area contributed by atoms with E-state index in [-0.39, 0.29) is 18.9 Å². The Kier molecular flexibility index (Phi) is 5.03. The van der Waals surface area contributed by atoms with Gasteiger partial charge in [0.05, 0.1) is 19.3 Å². The first kappa shape index (κ1) is 16.5. The number of alkyl halides is 2. The van der Waals surface area contributed by atoms with E-state index in [4.69, 9.17) is 10.5 Å². The third-order valence-corrected chi connectivity index (χ3v) is 4.53. The van der Waals surface area contributed by atoms with E-state index in [1.807, 2.05) is 4.90 Å². The molecular formula is C15H23F2N5O.